The minimum absolute atomic E-state index is 0.293. The molecule has 0 saturated carbocycles. The molecule has 1 aromatic carbocycles. The van der Waals surface area contributed by atoms with Gasteiger partial charge in [0.25, 0.3) is 0 Å². The van der Waals surface area contributed by atoms with Crippen molar-refractivity contribution in [2.75, 3.05) is 0 Å². The minimum Gasteiger partial charge on any atom is -0.487 e. The van der Waals surface area contributed by atoms with Gasteiger partial charge in [-0.2, -0.15) is 0 Å². The molecule has 2 atom stereocenters. The smallest absolute Gasteiger partial charge is 0.126 e. The van der Waals surface area contributed by atoms with E-state index < -0.39 is 6.10 Å². The number of ether oxygens (including phenoxy) is 1. The summed E-state index contributed by atoms with van der Waals surface area (Å²) in [5.74, 6) is 0.298. The van der Waals surface area contributed by atoms with Gasteiger partial charge in [-0.3, -0.25) is 0 Å². The van der Waals surface area contributed by atoms with Crippen molar-refractivity contribution in [3.8, 4) is 5.75 Å². The number of rotatable bonds is 3. The summed E-state index contributed by atoms with van der Waals surface area (Å²) in [4.78, 5) is 0. The predicted molar refractivity (Wildman–Crippen MR) is 64.5 cm³/mol. The fraction of sp³-hybridized carbons (Fsp3) is 0.571. The standard InChI is InChI=1S/C14H19FO2/c1-3-7-14(4-2)9-12(16)11-8-10(15)5-6-13(11)17-14/h5-6,8,12,16H,3-4,7,9H2,1-2H3/t12-,14?/m0/s1. The molecule has 2 nitrogen and oxygen atoms in total. The van der Waals surface area contributed by atoms with Gasteiger partial charge in [0.2, 0.25) is 0 Å². The van der Waals surface area contributed by atoms with Gasteiger partial charge in [-0.1, -0.05) is 20.3 Å². The molecular formula is C14H19FO2. The fourth-order valence-electron chi connectivity index (χ4n) is 2.61. The molecule has 1 aromatic rings. The van der Waals surface area contributed by atoms with Gasteiger partial charge < -0.3 is 9.84 Å². The molecule has 94 valence electrons. The van der Waals surface area contributed by atoms with Gasteiger partial charge >= 0.3 is 0 Å². The summed E-state index contributed by atoms with van der Waals surface area (Å²) in [7, 11) is 0. The van der Waals surface area contributed by atoms with Gasteiger partial charge in [0.15, 0.2) is 0 Å². The number of hydrogen-bond donors (Lipinski definition) is 1. The molecule has 1 aliphatic rings. The monoisotopic (exact) mass is 238 g/mol. The highest BCUT2D eigenvalue weighted by molar-refractivity contribution is 5.38. The molecule has 1 unspecified atom stereocenters. The van der Waals surface area contributed by atoms with Crippen LogP contribution in [-0.2, 0) is 0 Å². The van der Waals surface area contributed by atoms with E-state index in [0.717, 1.165) is 19.3 Å². The Bertz CT molecular complexity index is 405. The van der Waals surface area contributed by atoms with Crippen molar-refractivity contribution < 1.29 is 14.2 Å². The molecule has 0 aliphatic carbocycles. The average Bonchev–Trinajstić information content (AvgIpc) is 2.31. The van der Waals surface area contributed by atoms with Crippen LogP contribution in [0.3, 0.4) is 0 Å². The summed E-state index contributed by atoms with van der Waals surface area (Å²) in [6, 6.07) is 4.36. The Morgan fingerprint density at radius 1 is 1.47 bits per heavy atom. The van der Waals surface area contributed by atoms with E-state index >= 15 is 0 Å². The van der Waals surface area contributed by atoms with Crippen LogP contribution in [0.4, 0.5) is 4.39 Å². The molecule has 0 spiro atoms. The summed E-state index contributed by atoms with van der Waals surface area (Å²) >= 11 is 0. The number of aliphatic hydroxyl groups is 1. The number of fused-ring (bicyclic) bond motifs is 1. The van der Waals surface area contributed by atoms with Crippen LogP contribution in [0, 0.1) is 5.82 Å². The Labute approximate surface area is 101 Å². The summed E-state index contributed by atoms with van der Waals surface area (Å²) < 4.78 is 19.1. The van der Waals surface area contributed by atoms with Crippen LogP contribution in [0.2, 0.25) is 0 Å². The Morgan fingerprint density at radius 3 is 2.88 bits per heavy atom. The first kappa shape index (κ1) is 12.4. The van der Waals surface area contributed by atoms with E-state index in [4.69, 9.17) is 4.74 Å². The molecule has 2 rings (SSSR count). The largest absolute Gasteiger partial charge is 0.487 e. The number of hydrogen-bond acceptors (Lipinski definition) is 2. The molecule has 17 heavy (non-hydrogen) atoms. The van der Waals surface area contributed by atoms with E-state index in [9.17, 15) is 9.50 Å². The quantitative estimate of drug-likeness (QED) is 0.872. The second kappa shape index (κ2) is 4.65. The van der Waals surface area contributed by atoms with Crippen molar-refractivity contribution in [3.05, 3.63) is 29.6 Å². The van der Waals surface area contributed by atoms with Crippen molar-refractivity contribution >= 4 is 0 Å². The van der Waals surface area contributed by atoms with Crippen LogP contribution in [0.15, 0.2) is 18.2 Å². The maximum Gasteiger partial charge on any atom is 0.126 e. The third-order valence-electron chi connectivity index (χ3n) is 3.57. The second-order valence-corrected chi connectivity index (χ2v) is 4.79. The van der Waals surface area contributed by atoms with Gasteiger partial charge in [0.05, 0.1) is 6.10 Å². The van der Waals surface area contributed by atoms with E-state index in [2.05, 4.69) is 13.8 Å². The first-order chi connectivity index (χ1) is 8.10. The third-order valence-corrected chi connectivity index (χ3v) is 3.57. The number of aliphatic hydroxyl groups excluding tert-OH is 1. The fourth-order valence-corrected chi connectivity index (χ4v) is 2.61. The van der Waals surface area contributed by atoms with Gasteiger partial charge in [0.1, 0.15) is 17.2 Å². The number of benzene rings is 1. The van der Waals surface area contributed by atoms with Crippen molar-refractivity contribution in [1.82, 2.24) is 0 Å². The predicted octanol–water partition coefficient (Wildman–Crippen LogP) is 3.59. The van der Waals surface area contributed by atoms with Crippen molar-refractivity contribution in [1.29, 1.82) is 0 Å². The maximum absolute atomic E-state index is 13.1. The zero-order valence-electron chi connectivity index (χ0n) is 10.4. The van der Waals surface area contributed by atoms with Crippen LogP contribution in [-0.4, -0.2) is 10.7 Å². The Balaban J connectivity index is 2.35. The van der Waals surface area contributed by atoms with Crippen molar-refractivity contribution in [2.45, 2.75) is 51.2 Å². The van der Waals surface area contributed by atoms with Gasteiger partial charge in [-0.15, -0.1) is 0 Å². The summed E-state index contributed by atoms with van der Waals surface area (Å²) in [6.07, 6.45) is 2.71. The molecule has 1 heterocycles. The van der Waals surface area contributed by atoms with Crippen molar-refractivity contribution in [2.24, 2.45) is 0 Å². The molecule has 3 heteroatoms. The lowest BCUT2D eigenvalue weighted by atomic mass is 9.83. The summed E-state index contributed by atoms with van der Waals surface area (Å²) in [6.45, 7) is 4.17. The summed E-state index contributed by atoms with van der Waals surface area (Å²) in [5, 5.41) is 10.1. The first-order valence-electron chi connectivity index (χ1n) is 6.27. The highest BCUT2D eigenvalue weighted by Crippen LogP contribution is 2.43. The number of halogens is 1. The van der Waals surface area contributed by atoms with Crippen molar-refractivity contribution in [3.63, 3.8) is 0 Å². The maximum atomic E-state index is 13.1. The van der Waals surface area contributed by atoms with Gasteiger partial charge in [0, 0.05) is 12.0 Å². The molecule has 0 bridgehead atoms. The second-order valence-electron chi connectivity index (χ2n) is 4.79. The van der Waals surface area contributed by atoms with Crippen LogP contribution in [0.25, 0.3) is 0 Å². The van der Waals surface area contributed by atoms with E-state index in [0.29, 0.717) is 17.7 Å². The molecule has 1 aliphatic heterocycles. The van der Waals surface area contributed by atoms with E-state index in [-0.39, 0.29) is 11.4 Å². The highest BCUT2D eigenvalue weighted by atomic mass is 19.1. The Kier molecular flexibility index (Phi) is 3.38. The topological polar surface area (TPSA) is 29.5 Å². The van der Waals surface area contributed by atoms with Crippen LogP contribution in [0.5, 0.6) is 5.75 Å². The lowest BCUT2D eigenvalue weighted by Gasteiger charge is -2.40. The average molecular weight is 238 g/mol. The van der Waals surface area contributed by atoms with E-state index in [1.165, 1.54) is 12.1 Å². The SMILES string of the molecule is CCCC1(CC)C[C@H](O)c2cc(F)ccc2O1. The molecule has 0 amide bonds. The van der Waals surface area contributed by atoms with Gasteiger partial charge in [-0.25, -0.2) is 4.39 Å². The minimum atomic E-state index is -0.624. The first-order valence-corrected chi connectivity index (χ1v) is 6.27. The third kappa shape index (κ3) is 2.29. The highest BCUT2D eigenvalue weighted by Gasteiger charge is 2.38. The van der Waals surface area contributed by atoms with Gasteiger partial charge in [-0.05, 0) is 31.0 Å². The molecule has 1 N–H and O–H groups in total. The molecule has 0 fully saturated rings. The Morgan fingerprint density at radius 2 is 2.24 bits per heavy atom. The zero-order chi connectivity index (χ0) is 12.5. The lowest BCUT2D eigenvalue weighted by Crippen LogP contribution is -2.40. The van der Waals surface area contributed by atoms with Crippen LogP contribution >= 0.6 is 0 Å². The molecule has 0 saturated heterocycles. The van der Waals surface area contributed by atoms with E-state index in [1.807, 2.05) is 0 Å². The van der Waals surface area contributed by atoms with Crippen LogP contribution in [0.1, 0.15) is 51.2 Å². The molecule has 0 aromatic heterocycles. The van der Waals surface area contributed by atoms with Crippen LogP contribution < -0.4 is 4.74 Å². The lowest BCUT2D eigenvalue weighted by molar-refractivity contribution is -0.0234. The van der Waals surface area contributed by atoms with E-state index in [1.54, 1.807) is 6.07 Å². The zero-order valence-corrected chi connectivity index (χ0v) is 10.4. The summed E-state index contributed by atoms with van der Waals surface area (Å²) in [5.41, 5.74) is 0.282. The molecular weight excluding hydrogens is 219 g/mol. The molecule has 0 radical (unpaired) electrons. The normalized spacial score (nSPS) is 27.4. The Hall–Kier alpha value is -1.09.